The Morgan fingerprint density at radius 1 is 1.32 bits per heavy atom. The van der Waals surface area contributed by atoms with Crippen LogP contribution in [0.5, 0.6) is 0 Å². The van der Waals surface area contributed by atoms with Crippen molar-refractivity contribution in [3.05, 3.63) is 16.3 Å². The summed E-state index contributed by atoms with van der Waals surface area (Å²) >= 11 is 6.17. The first-order chi connectivity index (χ1) is 10.5. The number of aromatic nitrogens is 2. The highest BCUT2D eigenvalue weighted by molar-refractivity contribution is 6.30. The van der Waals surface area contributed by atoms with Crippen molar-refractivity contribution in [3.63, 3.8) is 0 Å². The van der Waals surface area contributed by atoms with Crippen molar-refractivity contribution in [2.75, 3.05) is 25.5 Å². The minimum absolute atomic E-state index is 0.0121. The van der Waals surface area contributed by atoms with Gasteiger partial charge in [-0.15, -0.1) is 10.2 Å². The van der Waals surface area contributed by atoms with Gasteiger partial charge in [-0.25, -0.2) is 4.39 Å². The van der Waals surface area contributed by atoms with Gasteiger partial charge in [-0.1, -0.05) is 11.6 Å². The van der Waals surface area contributed by atoms with E-state index in [-0.39, 0.29) is 11.6 Å². The number of nitrogens with one attached hydrogen (secondary N) is 1. The minimum Gasteiger partial charge on any atom is -0.370 e. The molecule has 120 valence electrons. The number of fused-ring (bicyclic) bond motifs is 1. The van der Waals surface area contributed by atoms with Crippen molar-refractivity contribution in [1.82, 2.24) is 15.1 Å². The summed E-state index contributed by atoms with van der Waals surface area (Å²) in [6, 6.07) is 0.0475. The van der Waals surface area contributed by atoms with Crippen molar-refractivity contribution >= 4 is 17.4 Å². The van der Waals surface area contributed by atoms with Gasteiger partial charge in [0.1, 0.15) is 6.17 Å². The molecular weight excluding hydrogens is 307 g/mol. The van der Waals surface area contributed by atoms with Gasteiger partial charge < -0.3 is 15.0 Å². The van der Waals surface area contributed by atoms with E-state index in [1.54, 1.807) is 0 Å². The Kier molecular flexibility index (Phi) is 3.51. The van der Waals surface area contributed by atoms with E-state index in [4.69, 9.17) is 16.3 Å². The Morgan fingerprint density at radius 2 is 2.14 bits per heavy atom. The van der Waals surface area contributed by atoms with Gasteiger partial charge in [-0.3, -0.25) is 0 Å². The molecule has 22 heavy (non-hydrogen) atoms. The number of halogens is 2. The van der Waals surface area contributed by atoms with Crippen molar-refractivity contribution in [3.8, 4) is 0 Å². The predicted molar refractivity (Wildman–Crippen MR) is 81.9 cm³/mol. The second-order valence-corrected chi connectivity index (χ2v) is 7.20. The molecule has 4 rings (SSSR count). The number of likely N-dealkylation sites (tertiary alicyclic amines) is 1. The van der Waals surface area contributed by atoms with Crippen LogP contribution in [0.15, 0.2) is 0 Å². The molecule has 0 radical (unpaired) electrons. The number of likely N-dealkylation sites (N-methyl/N-ethyl adjacent to an activating group) is 1. The fraction of sp³-hybridized carbons (Fsp3) is 0.733. The first-order valence-electron chi connectivity index (χ1n) is 7.82. The number of alkyl halides is 1. The van der Waals surface area contributed by atoms with E-state index in [1.807, 2.05) is 11.9 Å². The standard InChI is InChI=1S/C15H20ClFN4O/c1-21-6-9(17)4-10(7-21)18-14-11-5-15(2-3-15)22-8-12(11)13(16)19-20-14/h9-10H,2-8H2,1H3,(H,18,20)/t9-,10-/m1/s1. The quantitative estimate of drug-likeness (QED) is 0.903. The van der Waals surface area contributed by atoms with Gasteiger partial charge in [0.25, 0.3) is 0 Å². The zero-order chi connectivity index (χ0) is 15.3. The molecule has 7 heteroatoms. The normalized spacial score (nSPS) is 30.1. The molecule has 0 unspecified atom stereocenters. The maximum Gasteiger partial charge on any atom is 0.157 e. The van der Waals surface area contributed by atoms with Gasteiger partial charge >= 0.3 is 0 Å². The first-order valence-corrected chi connectivity index (χ1v) is 8.19. The van der Waals surface area contributed by atoms with Crippen LogP contribution >= 0.6 is 11.6 Å². The largest absolute Gasteiger partial charge is 0.370 e. The van der Waals surface area contributed by atoms with Crippen LogP contribution in [-0.2, 0) is 17.8 Å². The van der Waals surface area contributed by atoms with Crippen LogP contribution in [0.4, 0.5) is 10.2 Å². The summed E-state index contributed by atoms with van der Waals surface area (Å²) < 4.78 is 19.7. The van der Waals surface area contributed by atoms with Crippen LogP contribution in [0.3, 0.4) is 0 Å². The molecular formula is C15H20ClFN4O. The third-order valence-electron chi connectivity index (χ3n) is 4.89. The van der Waals surface area contributed by atoms with Crippen molar-refractivity contribution in [2.45, 2.75) is 50.1 Å². The first kappa shape index (κ1) is 14.6. The number of hydrogen-bond acceptors (Lipinski definition) is 5. The van der Waals surface area contributed by atoms with Crippen LogP contribution in [0.2, 0.25) is 5.15 Å². The number of nitrogens with zero attached hydrogens (tertiary/aromatic N) is 3. The second kappa shape index (κ2) is 5.28. The third-order valence-corrected chi connectivity index (χ3v) is 5.19. The van der Waals surface area contributed by atoms with Gasteiger partial charge in [-0.05, 0) is 19.9 Å². The molecule has 1 aromatic rings. The van der Waals surface area contributed by atoms with E-state index in [2.05, 4.69) is 15.5 Å². The topological polar surface area (TPSA) is 50.3 Å². The Hall–Kier alpha value is -0.980. The Bertz CT molecular complexity index is 585. The predicted octanol–water partition coefficient (Wildman–Crippen LogP) is 2.19. The summed E-state index contributed by atoms with van der Waals surface area (Å²) in [5.41, 5.74) is 2.02. The van der Waals surface area contributed by atoms with Gasteiger partial charge in [0, 0.05) is 43.1 Å². The summed E-state index contributed by atoms with van der Waals surface area (Å²) in [7, 11) is 1.94. The van der Waals surface area contributed by atoms with Crippen molar-refractivity contribution < 1.29 is 9.13 Å². The van der Waals surface area contributed by atoms with E-state index >= 15 is 0 Å². The lowest BCUT2D eigenvalue weighted by atomic mass is 9.98. The monoisotopic (exact) mass is 326 g/mol. The fourth-order valence-corrected chi connectivity index (χ4v) is 3.75. The van der Waals surface area contributed by atoms with E-state index in [9.17, 15) is 4.39 Å². The van der Waals surface area contributed by atoms with E-state index in [1.165, 1.54) is 0 Å². The maximum atomic E-state index is 13.8. The third kappa shape index (κ3) is 2.68. The lowest BCUT2D eigenvalue weighted by Crippen LogP contribution is -2.45. The van der Waals surface area contributed by atoms with Gasteiger partial charge in [0.2, 0.25) is 0 Å². The molecule has 1 aliphatic carbocycles. The van der Waals surface area contributed by atoms with Crippen LogP contribution < -0.4 is 5.32 Å². The molecule has 0 bridgehead atoms. The molecule has 3 heterocycles. The molecule has 5 nitrogen and oxygen atoms in total. The Labute approximate surface area is 134 Å². The number of rotatable bonds is 2. The highest BCUT2D eigenvalue weighted by Crippen LogP contribution is 2.48. The summed E-state index contributed by atoms with van der Waals surface area (Å²) in [4.78, 5) is 2.01. The number of hydrogen-bond donors (Lipinski definition) is 1. The van der Waals surface area contributed by atoms with Gasteiger partial charge in [-0.2, -0.15) is 0 Å². The molecule has 2 atom stereocenters. The second-order valence-electron chi connectivity index (χ2n) is 6.84. The van der Waals surface area contributed by atoms with E-state index in [0.717, 1.165) is 42.8 Å². The molecule has 1 aromatic heterocycles. The molecule has 3 aliphatic rings. The molecule has 1 N–H and O–H groups in total. The Balaban J connectivity index is 1.59. The highest BCUT2D eigenvalue weighted by Gasteiger charge is 2.48. The van der Waals surface area contributed by atoms with Gasteiger partial charge in [0.15, 0.2) is 11.0 Å². The summed E-state index contributed by atoms with van der Waals surface area (Å²) in [6.07, 6.45) is 2.70. The lowest BCUT2D eigenvalue weighted by Gasteiger charge is -2.34. The SMILES string of the molecule is CN1C[C@H](F)C[C@@H](Nc2nnc(Cl)c3c2CC2(CC2)OC3)C1. The zero-order valence-electron chi connectivity index (χ0n) is 12.6. The van der Waals surface area contributed by atoms with Crippen molar-refractivity contribution in [1.29, 1.82) is 0 Å². The van der Waals surface area contributed by atoms with Crippen LogP contribution in [0, 0.1) is 0 Å². The average molecular weight is 327 g/mol. The molecule has 2 aliphatic heterocycles. The molecule has 1 saturated heterocycles. The van der Waals surface area contributed by atoms with Crippen LogP contribution in [-0.4, -0.2) is 53.0 Å². The average Bonchev–Trinajstić information content (AvgIpc) is 3.20. The van der Waals surface area contributed by atoms with E-state index in [0.29, 0.717) is 24.7 Å². The van der Waals surface area contributed by atoms with E-state index < -0.39 is 6.17 Å². The highest BCUT2D eigenvalue weighted by atomic mass is 35.5. The van der Waals surface area contributed by atoms with Crippen LogP contribution in [0.1, 0.15) is 30.4 Å². The summed E-state index contributed by atoms with van der Waals surface area (Å²) in [6.45, 7) is 1.80. The van der Waals surface area contributed by atoms with Crippen LogP contribution in [0.25, 0.3) is 0 Å². The summed E-state index contributed by atoms with van der Waals surface area (Å²) in [5.74, 6) is 0.751. The molecule has 0 amide bonds. The number of piperidine rings is 1. The molecule has 2 fully saturated rings. The number of ether oxygens (including phenoxy) is 1. The molecule has 1 spiro atoms. The summed E-state index contributed by atoms with van der Waals surface area (Å²) in [5, 5.41) is 12.1. The Morgan fingerprint density at radius 3 is 2.86 bits per heavy atom. The molecule has 1 saturated carbocycles. The minimum atomic E-state index is -0.801. The van der Waals surface area contributed by atoms with Crippen molar-refractivity contribution in [2.24, 2.45) is 0 Å². The fourth-order valence-electron chi connectivity index (χ4n) is 3.54. The zero-order valence-corrected chi connectivity index (χ0v) is 13.4. The smallest absolute Gasteiger partial charge is 0.157 e. The number of anilines is 1. The maximum absolute atomic E-state index is 13.8. The van der Waals surface area contributed by atoms with Gasteiger partial charge in [0.05, 0.1) is 12.2 Å². The lowest BCUT2D eigenvalue weighted by molar-refractivity contribution is 0.00799. The molecule has 0 aromatic carbocycles.